The number of carbonyl (C=O) groups excluding carboxylic acids is 1. The van der Waals surface area contributed by atoms with E-state index in [1.54, 1.807) is 21.7 Å². The SMILES string of the molecule is CSc1nc(N2C(=O)[C@H](Oc3ccccc3)[C@@H]2c2ccc(Cl)cc2)nn1C. The average molecular weight is 401 g/mol. The van der Waals surface area contributed by atoms with Crippen molar-refractivity contribution in [2.75, 3.05) is 11.2 Å². The average Bonchev–Trinajstić information content (AvgIpc) is 3.05. The van der Waals surface area contributed by atoms with E-state index < -0.39 is 6.10 Å². The molecule has 1 aliphatic rings. The second-order valence-electron chi connectivity index (χ2n) is 6.08. The highest BCUT2D eigenvalue weighted by Gasteiger charge is 2.52. The smallest absolute Gasteiger partial charge is 0.273 e. The molecule has 0 bridgehead atoms. The van der Waals surface area contributed by atoms with Crippen molar-refractivity contribution < 1.29 is 9.53 Å². The number of anilines is 1. The molecular formula is C19H17ClN4O2S. The molecule has 1 saturated heterocycles. The molecule has 0 unspecified atom stereocenters. The van der Waals surface area contributed by atoms with Gasteiger partial charge in [-0.3, -0.25) is 9.69 Å². The fraction of sp³-hybridized carbons (Fsp3) is 0.211. The molecule has 0 saturated carbocycles. The Kier molecular flexibility index (Phi) is 4.80. The maximum atomic E-state index is 12.9. The molecule has 0 radical (unpaired) electrons. The predicted octanol–water partition coefficient (Wildman–Crippen LogP) is 3.73. The molecule has 0 spiro atoms. The maximum Gasteiger partial charge on any atom is 0.273 e. The maximum absolute atomic E-state index is 12.9. The Morgan fingerprint density at radius 2 is 1.81 bits per heavy atom. The number of β-lactam (4-membered cyclic amide) rings is 1. The van der Waals surface area contributed by atoms with Crippen LogP contribution in [0.3, 0.4) is 0 Å². The van der Waals surface area contributed by atoms with Crippen LogP contribution in [0.2, 0.25) is 5.02 Å². The van der Waals surface area contributed by atoms with Crippen LogP contribution in [0.25, 0.3) is 0 Å². The molecule has 138 valence electrons. The van der Waals surface area contributed by atoms with Gasteiger partial charge in [0.1, 0.15) is 11.8 Å². The van der Waals surface area contributed by atoms with Crippen molar-refractivity contribution in [2.24, 2.45) is 7.05 Å². The first-order chi connectivity index (χ1) is 13.1. The molecule has 1 aromatic heterocycles. The van der Waals surface area contributed by atoms with Gasteiger partial charge in [0, 0.05) is 12.1 Å². The number of aromatic nitrogens is 3. The van der Waals surface area contributed by atoms with Crippen LogP contribution in [0, 0.1) is 0 Å². The number of thioether (sulfide) groups is 1. The van der Waals surface area contributed by atoms with Gasteiger partial charge in [-0.1, -0.05) is 53.7 Å². The molecule has 1 amide bonds. The van der Waals surface area contributed by atoms with E-state index in [4.69, 9.17) is 16.3 Å². The van der Waals surface area contributed by atoms with Gasteiger partial charge < -0.3 is 4.74 Å². The highest BCUT2D eigenvalue weighted by atomic mass is 35.5. The Hall–Kier alpha value is -2.51. The summed E-state index contributed by atoms with van der Waals surface area (Å²) < 4.78 is 7.65. The quantitative estimate of drug-likeness (QED) is 0.482. The highest BCUT2D eigenvalue weighted by molar-refractivity contribution is 7.98. The van der Waals surface area contributed by atoms with Gasteiger partial charge in [0.25, 0.3) is 11.9 Å². The Labute approximate surface area is 166 Å². The Morgan fingerprint density at radius 1 is 1.11 bits per heavy atom. The van der Waals surface area contributed by atoms with Gasteiger partial charge in [-0.2, -0.15) is 4.98 Å². The van der Waals surface area contributed by atoms with E-state index in [0.717, 1.165) is 10.7 Å². The monoisotopic (exact) mass is 400 g/mol. The van der Waals surface area contributed by atoms with E-state index >= 15 is 0 Å². The molecule has 2 heterocycles. The Morgan fingerprint density at radius 3 is 2.44 bits per heavy atom. The van der Waals surface area contributed by atoms with Crippen molar-refractivity contribution in [1.82, 2.24) is 14.8 Å². The molecule has 4 rings (SSSR count). The molecule has 2 aromatic carbocycles. The van der Waals surface area contributed by atoms with Crippen molar-refractivity contribution in [3.63, 3.8) is 0 Å². The summed E-state index contributed by atoms with van der Waals surface area (Å²) in [6.45, 7) is 0. The largest absolute Gasteiger partial charge is 0.478 e. The van der Waals surface area contributed by atoms with Crippen LogP contribution in [0.1, 0.15) is 11.6 Å². The molecule has 0 N–H and O–H groups in total. The Balaban J connectivity index is 1.69. The molecule has 6 nitrogen and oxygen atoms in total. The minimum absolute atomic E-state index is 0.169. The molecular weight excluding hydrogens is 384 g/mol. The summed E-state index contributed by atoms with van der Waals surface area (Å²) in [6.07, 6.45) is 1.28. The lowest BCUT2D eigenvalue weighted by Crippen LogP contribution is -2.62. The molecule has 2 atom stereocenters. The molecule has 1 fully saturated rings. The van der Waals surface area contributed by atoms with Crippen LogP contribution in [0.15, 0.2) is 59.8 Å². The number of para-hydroxylation sites is 1. The van der Waals surface area contributed by atoms with Gasteiger partial charge in [0.05, 0.1) is 0 Å². The number of carbonyl (C=O) groups is 1. The second kappa shape index (κ2) is 7.25. The number of halogens is 1. The first kappa shape index (κ1) is 17.9. The van der Waals surface area contributed by atoms with Crippen LogP contribution in [0.4, 0.5) is 5.95 Å². The molecule has 3 aromatic rings. The molecule has 0 aliphatic carbocycles. The van der Waals surface area contributed by atoms with Gasteiger partial charge in [0.2, 0.25) is 6.10 Å². The van der Waals surface area contributed by atoms with Crippen molar-refractivity contribution in [2.45, 2.75) is 17.3 Å². The van der Waals surface area contributed by atoms with Gasteiger partial charge in [-0.15, -0.1) is 5.10 Å². The standard InChI is InChI=1S/C19H17ClN4O2S/c1-23-19(27-2)21-18(22-23)24-15(12-8-10-13(20)11-9-12)16(17(24)25)26-14-6-4-3-5-7-14/h3-11,15-16H,1-2H3/t15-,16+/m0/s1. The predicted molar refractivity (Wildman–Crippen MR) is 105 cm³/mol. The fourth-order valence-electron chi connectivity index (χ4n) is 3.07. The molecule has 27 heavy (non-hydrogen) atoms. The Bertz CT molecular complexity index is 962. The van der Waals surface area contributed by atoms with Crippen LogP contribution in [-0.2, 0) is 11.8 Å². The van der Waals surface area contributed by atoms with Crippen molar-refractivity contribution >= 4 is 35.2 Å². The summed E-state index contributed by atoms with van der Waals surface area (Å²) in [5.41, 5.74) is 0.915. The van der Waals surface area contributed by atoms with E-state index in [1.165, 1.54) is 11.8 Å². The summed E-state index contributed by atoms with van der Waals surface area (Å²) in [4.78, 5) is 19.0. The number of hydrogen-bond donors (Lipinski definition) is 0. The number of nitrogens with zero attached hydrogens (tertiary/aromatic N) is 4. The van der Waals surface area contributed by atoms with Gasteiger partial charge in [0.15, 0.2) is 5.16 Å². The summed E-state index contributed by atoms with van der Waals surface area (Å²) in [6, 6.07) is 16.4. The van der Waals surface area contributed by atoms with Crippen LogP contribution < -0.4 is 9.64 Å². The lowest BCUT2D eigenvalue weighted by molar-refractivity contribution is -0.135. The van der Waals surface area contributed by atoms with E-state index in [1.807, 2.05) is 55.8 Å². The van der Waals surface area contributed by atoms with Crippen LogP contribution in [-0.4, -0.2) is 33.0 Å². The van der Waals surface area contributed by atoms with Crippen molar-refractivity contribution in [3.8, 4) is 5.75 Å². The number of rotatable bonds is 5. The normalized spacial score (nSPS) is 19.1. The third-order valence-electron chi connectivity index (χ3n) is 4.37. The number of aryl methyl sites for hydroxylation is 1. The van der Waals surface area contributed by atoms with Gasteiger partial charge in [-0.05, 0) is 36.1 Å². The zero-order chi connectivity index (χ0) is 19.0. The topological polar surface area (TPSA) is 60.3 Å². The van der Waals surface area contributed by atoms with E-state index in [2.05, 4.69) is 10.1 Å². The fourth-order valence-corrected chi connectivity index (χ4v) is 3.67. The zero-order valence-corrected chi connectivity index (χ0v) is 16.3. The van der Waals surface area contributed by atoms with Crippen LogP contribution >= 0.6 is 23.4 Å². The molecule has 1 aliphatic heterocycles. The van der Waals surface area contributed by atoms with Gasteiger partial charge in [-0.25, -0.2) is 4.68 Å². The number of benzene rings is 2. The summed E-state index contributed by atoms with van der Waals surface area (Å²) >= 11 is 7.50. The van der Waals surface area contributed by atoms with Crippen molar-refractivity contribution in [3.05, 3.63) is 65.2 Å². The summed E-state index contributed by atoms with van der Waals surface area (Å²) in [5.74, 6) is 0.852. The summed E-state index contributed by atoms with van der Waals surface area (Å²) in [7, 11) is 1.81. The van der Waals surface area contributed by atoms with Crippen LogP contribution in [0.5, 0.6) is 5.75 Å². The van der Waals surface area contributed by atoms with Crippen molar-refractivity contribution in [1.29, 1.82) is 0 Å². The minimum Gasteiger partial charge on any atom is -0.478 e. The molecule has 8 heteroatoms. The zero-order valence-electron chi connectivity index (χ0n) is 14.7. The number of hydrogen-bond acceptors (Lipinski definition) is 5. The van der Waals surface area contributed by atoms with E-state index in [9.17, 15) is 4.79 Å². The lowest BCUT2D eigenvalue weighted by atomic mass is 9.91. The first-order valence-corrected chi connectivity index (χ1v) is 9.94. The second-order valence-corrected chi connectivity index (χ2v) is 7.29. The number of ether oxygens (including phenoxy) is 1. The third kappa shape index (κ3) is 3.28. The van der Waals surface area contributed by atoms with Gasteiger partial charge >= 0.3 is 0 Å². The van der Waals surface area contributed by atoms with E-state index in [-0.39, 0.29) is 11.9 Å². The van der Waals surface area contributed by atoms with E-state index in [0.29, 0.717) is 16.7 Å². The third-order valence-corrected chi connectivity index (χ3v) is 5.35. The first-order valence-electron chi connectivity index (χ1n) is 8.34. The number of amides is 1. The highest BCUT2D eigenvalue weighted by Crippen LogP contribution is 2.40. The minimum atomic E-state index is -0.643. The summed E-state index contributed by atoms with van der Waals surface area (Å²) in [5, 5.41) is 5.77. The lowest BCUT2D eigenvalue weighted by Gasteiger charge is -2.44.